The van der Waals surface area contributed by atoms with Crippen molar-refractivity contribution < 1.29 is 8.78 Å². The summed E-state index contributed by atoms with van der Waals surface area (Å²) in [4.78, 5) is 13.4. The van der Waals surface area contributed by atoms with E-state index in [0.29, 0.717) is 22.9 Å². The molecule has 4 rings (SSSR count). The van der Waals surface area contributed by atoms with E-state index in [1.165, 1.54) is 18.5 Å². The second kappa shape index (κ2) is 7.48. The molecule has 3 heterocycles. The van der Waals surface area contributed by atoms with E-state index in [2.05, 4.69) is 9.97 Å². The van der Waals surface area contributed by atoms with Gasteiger partial charge in [0.25, 0.3) is 0 Å². The normalized spacial score (nSPS) is 11.3. The summed E-state index contributed by atoms with van der Waals surface area (Å²) in [5.41, 5.74) is 1.80. The molecule has 1 aromatic carbocycles. The molecule has 0 amide bonds. The summed E-state index contributed by atoms with van der Waals surface area (Å²) < 4.78 is 29.2. The van der Waals surface area contributed by atoms with Crippen LogP contribution in [0.25, 0.3) is 17.1 Å². The molecule has 0 aliphatic carbocycles. The first-order valence-corrected chi connectivity index (χ1v) is 9.23. The van der Waals surface area contributed by atoms with Crippen LogP contribution in [0.2, 0.25) is 0 Å². The van der Waals surface area contributed by atoms with E-state index in [9.17, 15) is 8.78 Å². The van der Waals surface area contributed by atoms with Gasteiger partial charge in [0.05, 0.1) is 17.1 Å². The van der Waals surface area contributed by atoms with Crippen molar-refractivity contribution >= 4 is 0 Å². The summed E-state index contributed by atoms with van der Waals surface area (Å²) >= 11 is 0. The zero-order valence-corrected chi connectivity index (χ0v) is 16.3. The van der Waals surface area contributed by atoms with Gasteiger partial charge in [-0.1, -0.05) is 12.1 Å². The van der Waals surface area contributed by atoms with Crippen molar-refractivity contribution in [1.29, 1.82) is 5.26 Å². The van der Waals surface area contributed by atoms with Crippen LogP contribution in [0.5, 0.6) is 0 Å². The Morgan fingerprint density at radius 2 is 1.70 bits per heavy atom. The molecular weight excluding hydrogens is 384 g/mol. The third-order valence-corrected chi connectivity index (χ3v) is 4.93. The number of halogens is 2. The van der Waals surface area contributed by atoms with E-state index < -0.39 is 17.0 Å². The van der Waals surface area contributed by atoms with Crippen LogP contribution in [0.15, 0.2) is 67.1 Å². The Morgan fingerprint density at radius 3 is 2.40 bits per heavy atom. The fraction of sp³-hybridized carbons (Fsp3) is 0.130. The highest BCUT2D eigenvalue weighted by Crippen LogP contribution is 2.31. The second-order valence-corrected chi connectivity index (χ2v) is 7.32. The summed E-state index contributed by atoms with van der Waals surface area (Å²) in [5.74, 6) is -0.672. The van der Waals surface area contributed by atoms with Gasteiger partial charge < -0.3 is 0 Å². The van der Waals surface area contributed by atoms with Crippen LogP contribution in [-0.4, -0.2) is 19.5 Å². The Labute approximate surface area is 172 Å². The Morgan fingerprint density at radius 1 is 0.967 bits per heavy atom. The molecule has 7 heteroatoms. The average Bonchev–Trinajstić information content (AvgIpc) is 3.23. The number of hydrogen-bond donors (Lipinski definition) is 0. The number of rotatable bonds is 4. The van der Waals surface area contributed by atoms with Crippen LogP contribution >= 0.6 is 0 Å². The first-order valence-electron chi connectivity index (χ1n) is 9.23. The minimum absolute atomic E-state index is 0.234. The molecular formula is C23H17F2N5. The quantitative estimate of drug-likeness (QED) is 0.492. The minimum atomic E-state index is -0.661. The molecule has 30 heavy (non-hydrogen) atoms. The van der Waals surface area contributed by atoms with E-state index in [1.54, 1.807) is 22.9 Å². The molecule has 0 unspecified atom stereocenters. The number of aromatic nitrogens is 4. The fourth-order valence-corrected chi connectivity index (χ4v) is 3.18. The van der Waals surface area contributed by atoms with Gasteiger partial charge in [-0.05, 0) is 50.2 Å². The molecule has 0 saturated heterocycles. The summed E-state index contributed by atoms with van der Waals surface area (Å²) in [7, 11) is 0. The van der Waals surface area contributed by atoms with Gasteiger partial charge in [0.1, 0.15) is 29.8 Å². The molecule has 0 N–H and O–H groups in total. The van der Waals surface area contributed by atoms with Crippen molar-refractivity contribution in [3.05, 3.63) is 95.8 Å². The second-order valence-electron chi connectivity index (χ2n) is 7.32. The minimum Gasteiger partial charge on any atom is -0.289 e. The van der Waals surface area contributed by atoms with Gasteiger partial charge in [-0.15, -0.1) is 0 Å². The molecule has 3 aromatic heterocycles. The van der Waals surface area contributed by atoms with Crippen LogP contribution in [0.4, 0.5) is 8.78 Å². The molecule has 4 aromatic rings. The molecule has 0 bridgehead atoms. The molecule has 0 radical (unpaired) electrons. The molecule has 5 nitrogen and oxygen atoms in total. The lowest BCUT2D eigenvalue weighted by Crippen LogP contribution is -2.23. The van der Waals surface area contributed by atoms with Crippen LogP contribution in [0.3, 0.4) is 0 Å². The first kappa shape index (κ1) is 19.4. The lowest BCUT2D eigenvalue weighted by atomic mass is 9.84. The molecule has 148 valence electrons. The van der Waals surface area contributed by atoms with Gasteiger partial charge in [-0.2, -0.15) is 5.26 Å². The maximum absolute atomic E-state index is 14.2. The van der Waals surface area contributed by atoms with Crippen molar-refractivity contribution in [2.75, 3.05) is 0 Å². The lowest BCUT2D eigenvalue weighted by molar-refractivity contribution is 0.582. The number of nitriles is 1. The van der Waals surface area contributed by atoms with E-state index in [0.717, 1.165) is 11.8 Å². The van der Waals surface area contributed by atoms with Crippen molar-refractivity contribution in [1.82, 2.24) is 19.5 Å². The summed E-state index contributed by atoms with van der Waals surface area (Å²) in [5, 5.41) is 8.98. The summed E-state index contributed by atoms with van der Waals surface area (Å²) in [6.45, 7) is 3.95. The molecule has 0 aliphatic rings. The Hall–Kier alpha value is -3.92. The van der Waals surface area contributed by atoms with E-state index in [4.69, 9.17) is 10.2 Å². The molecule has 0 atom stereocenters. The largest absolute Gasteiger partial charge is 0.289 e. The monoisotopic (exact) mass is 401 g/mol. The fourth-order valence-electron chi connectivity index (χ4n) is 3.18. The predicted molar refractivity (Wildman–Crippen MR) is 108 cm³/mol. The average molecular weight is 401 g/mol. The predicted octanol–water partition coefficient (Wildman–Crippen LogP) is 4.81. The Kier molecular flexibility index (Phi) is 4.84. The van der Waals surface area contributed by atoms with E-state index >= 15 is 0 Å². The number of benzene rings is 1. The zero-order chi connectivity index (χ0) is 21.3. The molecule has 0 spiro atoms. The summed E-state index contributed by atoms with van der Waals surface area (Å²) in [6, 6.07) is 16.3. The maximum Gasteiger partial charge on any atom is 0.158 e. The van der Waals surface area contributed by atoms with Crippen molar-refractivity contribution in [3.63, 3.8) is 0 Å². The van der Waals surface area contributed by atoms with Gasteiger partial charge in [0.15, 0.2) is 5.69 Å². The van der Waals surface area contributed by atoms with Crippen LogP contribution in [-0.2, 0) is 5.41 Å². The van der Waals surface area contributed by atoms with Crippen LogP contribution in [0.1, 0.15) is 30.9 Å². The third kappa shape index (κ3) is 3.55. The van der Waals surface area contributed by atoms with E-state index in [-0.39, 0.29) is 5.56 Å². The highest BCUT2D eigenvalue weighted by Gasteiger charge is 2.27. The lowest BCUT2D eigenvalue weighted by Gasteiger charge is -2.24. The van der Waals surface area contributed by atoms with Crippen molar-refractivity contribution in [2.45, 2.75) is 19.3 Å². The highest BCUT2D eigenvalue weighted by molar-refractivity contribution is 5.60. The SMILES string of the molecule is CC(C)(c1cccc(-c2ccc(F)cc2F)n1)c1cccc(-n2cnc(C#N)c2)n1. The molecule has 0 fully saturated rings. The third-order valence-electron chi connectivity index (χ3n) is 4.93. The number of imidazole rings is 1. The highest BCUT2D eigenvalue weighted by atomic mass is 19.1. The van der Waals surface area contributed by atoms with Gasteiger partial charge in [0, 0.05) is 23.2 Å². The van der Waals surface area contributed by atoms with Gasteiger partial charge in [-0.3, -0.25) is 9.55 Å². The van der Waals surface area contributed by atoms with Crippen molar-refractivity contribution in [3.8, 4) is 23.1 Å². The first-order chi connectivity index (χ1) is 14.4. The standard InChI is InChI=1S/C23H17F2N5/c1-23(2,21-7-4-8-22(29-21)30-13-16(12-26)27-14-30)20-6-3-5-19(28-20)17-10-9-15(24)11-18(17)25/h3-11,13-14H,1-2H3. The zero-order valence-electron chi connectivity index (χ0n) is 16.3. The smallest absolute Gasteiger partial charge is 0.158 e. The molecule has 0 aliphatic heterocycles. The molecule has 0 saturated carbocycles. The van der Waals surface area contributed by atoms with Gasteiger partial charge >= 0.3 is 0 Å². The van der Waals surface area contributed by atoms with Crippen molar-refractivity contribution in [2.24, 2.45) is 0 Å². The Balaban J connectivity index is 1.74. The summed E-state index contributed by atoms with van der Waals surface area (Å²) in [6.07, 6.45) is 3.14. The number of nitrogens with zero attached hydrogens (tertiary/aromatic N) is 5. The number of hydrogen-bond acceptors (Lipinski definition) is 4. The topological polar surface area (TPSA) is 67.4 Å². The van der Waals surface area contributed by atoms with Crippen LogP contribution < -0.4 is 0 Å². The van der Waals surface area contributed by atoms with Crippen LogP contribution in [0, 0.1) is 23.0 Å². The Bertz CT molecular complexity index is 1270. The van der Waals surface area contributed by atoms with E-state index in [1.807, 2.05) is 44.2 Å². The van der Waals surface area contributed by atoms with Gasteiger partial charge in [0.2, 0.25) is 0 Å². The van der Waals surface area contributed by atoms with Gasteiger partial charge in [-0.25, -0.2) is 18.7 Å². The number of pyridine rings is 2. The maximum atomic E-state index is 14.2.